The van der Waals surface area contributed by atoms with Gasteiger partial charge in [0.15, 0.2) is 0 Å². The van der Waals surface area contributed by atoms with E-state index in [0.717, 1.165) is 17.2 Å². The maximum absolute atomic E-state index is 3.64. The van der Waals surface area contributed by atoms with E-state index in [0.29, 0.717) is 5.41 Å². The smallest absolute Gasteiger partial charge is 0.0561 e. The minimum Gasteiger partial charge on any atom is -0.304 e. The number of thioether (sulfide) groups is 1. The van der Waals surface area contributed by atoms with E-state index in [-0.39, 0.29) is 0 Å². The number of nitrogens with one attached hydrogen (secondary N) is 1. The number of hydrogen-bond acceptors (Lipinski definition) is 2. The van der Waals surface area contributed by atoms with Crippen LogP contribution in [0, 0.1) is 17.3 Å². The quantitative estimate of drug-likeness (QED) is 0.736. The summed E-state index contributed by atoms with van der Waals surface area (Å²) in [6.45, 7) is 8.44. The summed E-state index contributed by atoms with van der Waals surface area (Å²) >= 11 is 2.15. The number of hydrogen-bond donors (Lipinski definition) is 1. The average molecular weight is 227 g/mol. The van der Waals surface area contributed by atoms with Gasteiger partial charge in [0.2, 0.25) is 0 Å². The lowest BCUT2D eigenvalue weighted by atomic mass is 9.70. The van der Waals surface area contributed by atoms with Gasteiger partial charge >= 0.3 is 0 Å². The molecular formula is C13H25NS. The highest BCUT2D eigenvalue weighted by atomic mass is 32.2. The van der Waals surface area contributed by atoms with Crippen molar-refractivity contribution >= 4 is 11.8 Å². The van der Waals surface area contributed by atoms with E-state index >= 15 is 0 Å². The highest BCUT2D eigenvalue weighted by molar-refractivity contribution is 8.00. The lowest BCUT2D eigenvalue weighted by molar-refractivity contribution is 0.146. The van der Waals surface area contributed by atoms with Crippen LogP contribution in [0.4, 0.5) is 0 Å². The molecule has 1 aliphatic carbocycles. The monoisotopic (exact) mass is 227 g/mol. The molecule has 1 saturated heterocycles. The summed E-state index contributed by atoms with van der Waals surface area (Å²) in [5, 5.41) is 4.43. The fourth-order valence-electron chi connectivity index (χ4n) is 3.04. The lowest BCUT2D eigenvalue weighted by Gasteiger charge is -2.38. The predicted octanol–water partition coefficient (Wildman–Crippen LogP) is 3.50. The molecule has 2 rings (SSSR count). The van der Waals surface area contributed by atoms with Gasteiger partial charge in [0.25, 0.3) is 0 Å². The Morgan fingerprint density at radius 3 is 2.20 bits per heavy atom. The van der Waals surface area contributed by atoms with E-state index in [1.54, 1.807) is 0 Å². The molecule has 1 atom stereocenters. The van der Waals surface area contributed by atoms with E-state index in [2.05, 4.69) is 37.8 Å². The summed E-state index contributed by atoms with van der Waals surface area (Å²) in [6.07, 6.45) is 5.80. The Bertz CT molecular complexity index is 195. The van der Waals surface area contributed by atoms with Gasteiger partial charge in [-0.25, -0.2) is 0 Å². The third-order valence-corrected chi connectivity index (χ3v) is 5.52. The van der Waals surface area contributed by atoms with Gasteiger partial charge in [0.1, 0.15) is 0 Å². The van der Waals surface area contributed by atoms with Crippen molar-refractivity contribution in [1.29, 1.82) is 0 Å². The van der Waals surface area contributed by atoms with E-state index < -0.39 is 0 Å². The van der Waals surface area contributed by atoms with E-state index in [9.17, 15) is 0 Å². The molecule has 1 aliphatic heterocycles. The van der Waals surface area contributed by atoms with Crippen LogP contribution < -0.4 is 5.32 Å². The van der Waals surface area contributed by atoms with Crippen molar-refractivity contribution in [3.8, 4) is 0 Å². The fraction of sp³-hybridized carbons (Fsp3) is 1.00. The van der Waals surface area contributed by atoms with Gasteiger partial charge in [-0.05, 0) is 42.9 Å². The van der Waals surface area contributed by atoms with Crippen LogP contribution in [0.25, 0.3) is 0 Å². The van der Waals surface area contributed by atoms with Crippen molar-refractivity contribution in [3.63, 3.8) is 0 Å². The summed E-state index contributed by atoms with van der Waals surface area (Å²) in [6, 6.07) is 0. The molecule has 15 heavy (non-hydrogen) atoms. The zero-order chi connectivity index (χ0) is 10.9. The largest absolute Gasteiger partial charge is 0.304 e. The van der Waals surface area contributed by atoms with Crippen molar-refractivity contribution in [2.24, 2.45) is 17.3 Å². The van der Waals surface area contributed by atoms with Gasteiger partial charge in [-0.2, -0.15) is 0 Å². The first kappa shape index (κ1) is 11.8. The highest BCUT2D eigenvalue weighted by Crippen LogP contribution is 2.42. The Balaban J connectivity index is 1.81. The molecule has 1 unspecified atom stereocenters. The molecule has 88 valence electrons. The summed E-state index contributed by atoms with van der Waals surface area (Å²) in [7, 11) is 0. The van der Waals surface area contributed by atoms with Crippen LogP contribution in [0.1, 0.15) is 46.5 Å². The van der Waals surface area contributed by atoms with Crippen molar-refractivity contribution in [3.05, 3.63) is 0 Å². The van der Waals surface area contributed by atoms with Crippen molar-refractivity contribution in [2.45, 2.75) is 51.8 Å². The maximum atomic E-state index is 3.64. The van der Waals surface area contributed by atoms with Crippen LogP contribution in [-0.4, -0.2) is 17.7 Å². The Morgan fingerprint density at radius 2 is 1.73 bits per heavy atom. The van der Waals surface area contributed by atoms with Crippen molar-refractivity contribution in [1.82, 2.24) is 5.32 Å². The van der Waals surface area contributed by atoms with Gasteiger partial charge in [0, 0.05) is 12.3 Å². The van der Waals surface area contributed by atoms with Gasteiger partial charge in [-0.3, -0.25) is 0 Å². The van der Waals surface area contributed by atoms with E-state index in [4.69, 9.17) is 0 Å². The molecule has 0 spiro atoms. The zero-order valence-corrected chi connectivity index (χ0v) is 11.2. The summed E-state index contributed by atoms with van der Waals surface area (Å²) in [5.41, 5.74) is 0.529. The van der Waals surface area contributed by atoms with Gasteiger partial charge < -0.3 is 5.32 Å². The molecule has 1 saturated carbocycles. The fourth-order valence-corrected chi connectivity index (χ4v) is 4.31. The maximum Gasteiger partial charge on any atom is 0.0561 e. The Kier molecular flexibility index (Phi) is 3.67. The predicted molar refractivity (Wildman–Crippen MR) is 69.2 cm³/mol. The average Bonchev–Trinajstić information content (AvgIpc) is 2.69. The Hall–Kier alpha value is 0.310. The standard InChI is InChI=1S/C13H25NS/c1-13(2,3)11-6-4-10(5-7-11)12-14-8-9-15-12/h10-12,14H,4-9H2,1-3H3. The molecule has 2 aliphatic rings. The molecule has 0 radical (unpaired) electrons. The molecule has 0 aromatic rings. The zero-order valence-electron chi connectivity index (χ0n) is 10.4. The highest BCUT2D eigenvalue weighted by Gasteiger charge is 2.33. The first-order valence-corrected chi connectivity index (χ1v) is 7.47. The third-order valence-electron chi connectivity index (χ3n) is 4.17. The van der Waals surface area contributed by atoms with Crippen molar-refractivity contribution in [2.75, 3.05) is 12.3 Å². The van der Waals surface area contributed by atoms with Gasteiger partial charge in [-0.1, -0.05) is 20.8 Å². The molecule has 1 heterocycles. The van der Waals surface area contributed by atoms with Crippen molar-refractivity contribution < 1.29 is 0 Å². The summed E-state index contributed by atoms with van der Waals surface area (Å²) in [5.74, 6) is 3.24. The SMILES string of the molecule is CC(C)(C)C1CCC(C2NCCS2)CC1. The number of rotatable bonds is 1. The van der Waals surface area contributed by atoms with Crippen LogP contribution in [0.15, 0.2) is 0 Å². The molecular weight excluding hydrogens is 202 g/mol. The molecule has 2 fully saturated rings. The molecule has 0 aromatic heterocycles. The van der Waals surface area contributed by atoms with E-state index in [1.807, 2.05) is 0 Å². The van der Waals surface area contributed by atoms with Crippen LogP contribution in [0.2, 0.25) is 0 Å². The molecule has 1 nitrogen and oxygen atoms in total. The summed E-state index contributed by atoms with van der Waals surface area (Å²) in [4.78, 5) is 0. The van der Waals surface area contributed by atoms with Gasteiger partial charge in [0.05, 0.1) is 5.37 Å². The second-order valence-electron chi connectivity index (χ2n) is 6.22. The van der Waals surface area contributed by atoms with Gasteiger partial charge in [-0.15, -0.1) is 11.8 Å². The third kappa shape index (κ3) is 2.91. The first-order chi connectivity index (χ1) is 7.07. The van der Waals surface area contributed by atoms with Crippen LogP contribution >= 0.6 is 11.8 Å². The minimum atomic E-state index is 0.529. The minimum absolute atomic E-state index is 0.529. The second kappa shape index (κ2) is 4.67. The second-order valence-corrected chi connectivity index (χ2v) is 7.47. The lowest BCUT2D eigenvalue weighted by Crippen LogP contribution is -2.34. The molecule has 0 bridgehead atoms. The normalized spacial score (nSPS) is 38.2. The topological polar surface area (TPSA) is 12.0 Å². The summed E-state index contributed by atoms with van der Waals surface area (Å²) < 4.78 is 0. The Morgan fingerprint density at radius 1 is 1.07 bits per heavy atom. The van der Waals surface area contributed by atoms with Crippen LogP contribution in [0.5, 0.6) is 0 Å². The molecule has 0 amide bonds. The molecule has 1 N–H and O–H groups in total. The molecule has 0 aromatic carbocycles. The van der Waals surface area contributed by atoms with E-state index in [1.165, 1.54) is 38.0 Å². The van der Waals surface area contributed by atoms with Crippen LogP contribution in [-0.2, 0) is 0 Å². The molecule has 2 heteroatoms. The Labute approximate surface area is 98.8 Å². The first-order valence-electron chi connectivity index (χ1n) is 6.42. The van der Waals surface area contributed by atoms with Crippen LogP contribution in [0.3, 0.4) is 0 Å².